The topological polar surface area (TPSA) is 68.7 Å². The van der Waals surface area contributed by atoms with Crippen LogP contribution < -0.4 is 9.47 Å². The van der Waals surface area contributed by atoms with Crippen LogP contribution >= 0.6 is 0 Å². The van der Waals surface area contributed by atoms with Gasteiger partial charge in [-0.15, -0.1) is 13.2 Å². The van der Waals surface area contributed by atoms with Gasteiger partial charge in [-0.25, -0.2) is 9.78 Å². The van der Waals surface area contributed by atoms with E-state index in [0.29, 0.717) is 5.56 Å². The molecule has 0 spiro atoms. The SMILES string of the molecule is O=C(O)c1ccc(COc2cccc(OC(F)(F)F)c2)cn1. The van der Waals surface area contributed by atoms with Gasteiger partial charge in [0, 0.05) is 17.8 Å². The Kier molecular flexibility index (Phi) is 4.50. The number of carboxylic acids is 1. The second-order valence-electron chi connectivity index (χ2n) is 4.17. The molecule has 2 rings (SSSR count). The van der Waals surface area contributed by atoms with Gasteiger partial charge in [0.15, 0.2) is 0 Å². The van der Waals surface area contributed by atoms with Gasteiger partial charge in [0.1, 0.15) is 23.8 Å². The summed E-state index contributed by atoms with van der Waals surface area (Å²) < 4.78 is 45.4. The predicted octanol–water partition coefficient (Wildman–Crippen LogP) is 3.26. The van der Waals surface area contributed by atoms with Crippen molar-refractivity contribution in [3.8, 4) is 11.5 Å². The molecule has 1 aromatic heterocycles. The second-order valence-corrected chi connectivity index (χ2v) is 4.17. The van der Waals surface area contributed by atoms with Crippen LogP contribution in [0.15, 0.2) is 42.6 Å². The summed E-state index contributed by atoms with van der Waals surface area (Å²) in [6.07, 6.45) is -3.45. The van der Waals surface area contributed by atoms with Gasteiger partial charge in [-0.2, -0.15) is 0 Å². The van der Waals surface area contributed by atoms with Gasteiger partial charge in [-0.3, -0.25) is 0 Å². The molecule has 0 aliphatic heterocycles. The fourth-order valence-corrected chi connectivity index (χ4v) is 1.56. The Balaban J connectivity index is 1.99. The monoisotopic (exact) mass is 313 g/mol. The lowest BCUT2D eigenvalue weighted by Crippen LogP contribution is -2.17. The van der Waals surface area contributed by atoms with Crippen molar-refractivity contribution < 1.29 is 32.5 Å². The van der Waals surface area contributed by atoms with Crippen LogP contribution in [0.5, 0.6) is 11.5 Å². The standard InChI is InChI=1S/C14H10F3NO4/c15-14(16,17)22-11-3-1-2-10(6-11)21-8-9-4-5-12(13(19)20)18-7-9/h1-7H,8H2,(H,19,20). The average molecular weight is 313 g/mol. The Hall–Kier alpha value is -2.77. The number of hydrogen-bond donors (Lipinski definition) is 1. The maximum Gasteiger partial charge on any atom is 0.573 e. The third kappa shape index (κ3) is 4.65. The Morgan fingerprint density at radius 3 is 2.50 bits per heavy atom. The first-order chi connectivity index (χ1) is 10.3. The molecule has 1 N–H and O–H groups in total. The first kappa shape index (κ1) is 15.6. The molecule has 0 aliphatic carbocycles. The van der Waals surface area contributed by atoms with Gasteiger partial charge in [0.2, 0.25) is 0 Å². The van der Waals surface area contributed by atoms with E-state index in [4.69, 9.17) is 9.84 Å². The van der Waals surface area contributed by atoms with Crippen molar-refractivity contribution in [2.45, 2.75) is 13.0 Å². The van der Waals surface area contributed by atoms with Gasteiger partial charge in [-0.05, 0) is 18.2 Å². The number of benzene rings is 1. The van der Waals surface area contributed by atoms with Gasteiger partial charge in [0.05, 0.1) is 0 Å². The van der Waals surface area contributed by atoms with Crippen LogP contribution in [0.3, 0.4) is 0 Å². The summed E-state index contributed by atoms with van der Waals surface area (Å²) >= 11 is 0. The zero-order valence-corrected chi connectivity index (χ0v) is 11.0. The quantitative estimate of drug-likeness (QED) is 0.917. The predicted molar refractivity (Wildman–Crippen MR) is 68.7 cm³/mol. The molecule has 0 amide bonds. The number of ether oxygens (including phenoxy) is 2. The number of halogens is 3. The third-order valence-electron chi connectivity index (χ3n) is 2.49. The molecule has 0 bridgehead atoms. The van der Waals surface area contributed by atoms with Crippen LogP contribution in [-0.4, -0.2) is 22.4 Å². The third-order valence-corrected chi connectivity index (χ3v) is 2.49. The molecule has 0 atom stereocenters. The Labute approximate surface area is 122 Å². The maximum absolute atomic E-state index is 12.1. The van der Waals surface area contributed by atoms with Crippen molar-refractivity contribution in [1.82, 2.24) is 4.98 Å². The highest BCUT2D eigenvalue weighted by Crippen LogP contribution is 2.26. The number of carbonyl (C=O) groups is 1. The summed E-state index contributed by atoms with van der Waals surface area (Å²) in [4.78, 5) is 14.3. The fourth-order valence-electron chi connectivity index (χ4n) is 1.56. The molecule has 0 unspecified atom stereocenters. The number of aromatic carboxylic acids is 1. The van der Waals surface area contributed by atoms with Gasteiger partial charge in [0.25, 0.3) is 0 Å². The molecule has 1 aromatic carbocycles. The first-order valence-electron chi connectivity index (χ1n) is 6.00. The molecule has 22 heavy (non-hydrogen) atoms. The maximum atomic E-state index is 12.1. The average Bonchev–Trinajstić information content (AvgIpc) is 2.44. The number of pyridine rings is 1. The number of aromatic nitrogens is 1. The molecular formula is C14H10F3NO4. The minimum atomic E-state index is -4.77. The normalized spacial score (nSPS) is 11.0. The molecule has 0 aliphatic rings. The second kappa shape index (κ2) is 6.33. The summed E-state index contributed by atoms with van der Waals surface area (Å²) in [5, 5.41) is 8.71. The van der Waals surface area contributed by atoms with Crippen molar-refractivity contribution in [3.63, 3.8) is 0 Å². The van der Waals surface area contributed by atoms with Crippen LogP contribution in [0, 0.1) is 0 Å². The van der Waals surface area contributed by atoms with Crippen molar-refractivity contribution >= 4 is 5.97 Å². The van der Waals surface area contributed by atoms with Gasteiger partial charge >= 0.3 is 12.3 Å². The zero-order valence-electron chi connectivity index (χ0n) is 11.0. The molecule has 5 nitrogen and oxygen atoms in total. The Morgan fingerprint density at radius 2 is 1.91 bits per heavy atom. The van der Waals surface area contributed by atoms with Gasteiger partial charge < -0.3 is 14.6 Å². The summed E-state index contributed by atoms with van der Waals surface area (Å²) in [7, 11) is 0. The van der Waals surface area contributed by atoms with Crippen LogP contribution in [0.4, 0.5) is 13.2 Å². The highest BCUT2D eigenvalue weighted by Gasteiger charge is 2.31. The van der Waals surface area contributed by atoms with E-state index in [-0.39, 0.29) is 23.8 Å². The van der Waals surface area contributed by atoms with E-state index in [1.165, 1.54) is 30.5 Å². The van der Waals surface area contributed by atoms with E-state index in [1.807, 2.05) is 0 Å². The summed E-state index contributed by atoms with van der Waals surface area (Å²) in [5.41, 5.74) is 0.469. The van der Waals surface area contributed by atoms with E-state index in [2.05, 4.69) is 9.72 Å². The zero-order chi connectivity index (χ0) is 16.2. The summed E-state index contributed by atoms with van der Waals surface area (Å²) in [6, 6.07) is 7.91. The molecule has 116 valence electrons. The highest BCUT2D eigenvalue weighted by molar-refractivity contribution is 5.85. The van der Waals surface area contributed by atoms with E-state index in [1.54, 1.807) is 0 Å². The van der Waals surface area contributed by atoms with E-state index >= 15 is 0 Å². The number of carboxylic acid groups (broad SMARTS) is 1. The lowest BCUT2D eigenvalue weighted by atomic mass is 10.2. The number of rotatable bonds is 5. The molecule has 0 saturated carbocycles. The highest BCUT2D eigenvalue weighted by atomic mass is 19.4. The number of nitrogens with zero attached hydrogens (tertiary/aromatic N) is 1. The molecule has 0 saturated heterocycles. The summed E-state index contributed by atoms with van der Waals surface area (Å²) in [5.74, 6) is -1.35. The minimum absolute atomic E-state index is 0.0301. The van der Waals surface area contributed by atoms with Crippen molar-refractivity contribution in [2.75, 3.05) is 0 Å². The van der Waals surface area contributed by atoms with Crippen molar-refractivity contribution in [2.24, 2.45) is 0 Å². The first-order valence-corrected chi connectivity index (χ1v) is 6.00. The fraction of sp³-hybridized carbons (Fsp3) is 0.143. The molecule has 1 heterocycles. The largest absolute Gasteiger partial charge is 0.573 e. The molecule has 8 heteroatoms. The number of hydrogen-bond acceptors (Lipinski definition) is 4. The smallest absolute Gasteiger partial charge is 0.489 e. The number of alkyl halides is 3. The van der Waals surface area contributed by atoms with Crippen molar-refractivity contribution in [1.29, 1.82) is 0 Å². The molecule has 0 radical (unpaired) electrons. The van der Waals surface area contributed by atoms with E-state index in [9.17, 15) is 18.0 Å². The van der Waals surface area contributed by atoms with Crippen molar-refractivity contribution in [3.05, 3.63) is 53.9 Å². The molecule has 2 aromatic rings. The van der Waals surface area contributed by atoms with Gasteiger partial charge in [-0.1, -0.05) is 12.1 Å². The lowest BCUT2D eigenvalue weighted by molar-refractivity contribution is -0.274. The van der Waals surface area contributed by atoms with E-state index < -0.39 is 12.3 Å². The van der Waals surface area contributed by atoms with Crippen LogP contribution in [0.1, 0.15) is 16.1 Å². The minimum Gasteiger partial charge on any atom is -0.489 e. The Morgan fingerprint density at radius 1 is 1.18 bits per heavy atom. The lowest BCUT2D eigenvalue weighted by Gasteiger charge is -2.11. The summed E-state index contributed by atoms with van der Waals surface area (Å²) in [6.45, 7) is 0.0301. The Bertz CT molecular complexity index is 656. The van der Waals surface area contributed by atoms with Crippen LogP contribution in [-0.2, 0) is 6.61 Å². The molecule has 0 fully saturated rings. The van der Waals surface area contributed by atoms with E-state index in [0.717, 1.165) is 12.1 Å². The molecular weight excluding hydrogens is 303 g/mol. The van der Waals surface area contributed by atoms with Crippen LogP contribution in [0.2, 0.25) is 0 Å². The van der Waals surface area contributed by atoms with Crippen LogP contribution in [0.25, 0.3) is 0 Å².